The third-order valence-corrected chi connectivity index (χ3v) is 4.60. The van der Waals surface area contributed by atoms with E-state index in [-0.39, 0.29) is 5.60 Å². The highest BCUT2D eigenvalue weighted by atomic mass is 16.5. The van der Waals surface area contributed by atoms with Crippen LogP contribution in [0.5, 0.6) is 11.5 Å². The maximum absolute atomic E-state index is 6.19. The zero-order valence-electron chi connectivity index (χ0n) is 14.2. The Morgan fingerprint density at radius 1 is 1.04 bits per heavy atom. The van der Waals surface area contributed by atoms with Crippen LogP contribution in [0.15, 0.2) is 24.3 Å². The first-order valence-corrected chi connectivity index (χ1v) is 7.91. The zero-order chi connectivity index (χ0) is 16.4. The van der Waals surface area contributed by atoms with E-state index >= 15 is 0 Å². The average molecular weight is 307 g/mol. The Labute approximate surface area is 135 Å². The number of fused-ring (bicyclic) bond motifs is 5. The number of H-pyrrole nitrogens is 1. The lowest BCUT2D eigenvalue weighted by Crippen LogP contribution is -2.28. The van der Waals surface area contributed by atoms with Crippen LogP contribution in [0.3, 0.4) is 0 Å². The van der Waals surface area contributed by atoms with Crippen molar-refractivity contribution in [1.29, 1.82) is 0 Å². The van der Waals surface area contributed by atoms with E-state index in [1.165, 1.54) is 16.3 Å². The van der Waals surface area contributed by atoms with Gasteiger partial charge in [0.2, 0.25) is 0 Å². The second-order valence-electron chi connectivity index (χ2n) is 6.89. The lowest BCUT2D eigenvalue weighted by atomic mass is 9.97. The first-order chi connectivity index (χ1) is 10.9. The second-order valence-corrected chi connectivity index (χ2v) is 6.89. The summed E-state index contributed by atoms with van der Waals surface area (Å²) in [4.78, 5) is 3.55. The van der Waals surface area contributed by atoms with Crippen molar-refractivity contribution in [1.82, 2.24) is 4.98 Å². The number of methoxy groups -OCH3 is 1. The van der Waals surface area contributed by atoms with E-state index in [0.29, 0.717) is 0 Å². The number of hydrogen-bond donors (Lipinski definition) is 1. The zero-order valence-corrected chi connectivity index (χ0v) is 14.2. The number of aromatic amines is 1. The fourth-order valence-corrected chi connectivity index (χ4v) is 3.42. The molecule has 0 amide bonds. The first kappa shape index (κ1) is 14.2. The van der Waals surface area contributed by atoms with Crippen molar-refractivity contribution in [2.45, 2.75) is 33.3 Å². The molecule has 118 valence electrons. The van der Waals surface area contributed by atoms with Gasteiger partial charge in [-0.15, -0.1) is 0 Å². The van der Waals surface area contributed by atoms with Crippen LogP contribution in [0.2, 0.25) is 0 Å². The van der Waals surface area contributed by atoms with Crippen molar-refractivity contribution >= 4 is 27.9 Å². The van der Waals surface area contributed by atoms with E-state index < -0.39 is 0 Å². The molecule has 3 nitrogen and oxygen atoms in total. The fraction of sp³-hybridized carbons (Fsp3) is 0.300. The summed E-state index contributed by atoms with van der Waals surface area (Å²) < 4.78 is 11.6. The minimum absolute atomic E-state index is 0.267. The summed E-state index contributed by atoms with van der Waals surface area (Å²) in [5, 5.41) is 2.46. The van der Waals surface area contributed by atoms with Gasteiger partial charge in [-0.2, -0.15) is 0 Å². The van der Waals surface area contributed by atoms with Gasteiger partial charge >= 0.3 is 0 Å². The Kier molecular flexibility index (Phi) is 2.80. The molecule has 4 rings (SSSR count). The van der Waals surface area contributed by atoms with Crippen LogP contribution in [-0.2, 0) is 0 Å². The van der Waals surface area contributed by atoms with Gasteiger partial charge in [-0.05, 0) is 63.1 Å². The molecular weight excluding hydrogens is 286 g/mol. The number of rotatable bonds is 1. The van der Waals surface area contributed by atoms with Crippen molar-refractivity contribution in [3.8, 4) is 11.5 Å². The third kappa shape index (κ3) is 2.03. The Balaban J connectivity index is 2.09. The van der Waals surface area contributed by atoms with Crippen molar-refractivity contribution in [2.24, 2.45) is 0 Å². The second kappa shape index (κ2) is 4.54. The van der Waals surface area contributed by atoms with Gasteiger partial charge in [0.05, 0.1) is 18.1 Å². The van der Waals surface area contributed by atoms with Gasteiger partial charge < -0.3 is 14.5 Å². The lowest BCUT2D eigenvalue weighted by Gasteiger charge is -2.29. The molecule has 23 heavy (non-hydrogen) atoms. The van der Waals surface area contributed by atoms with E-state index in [0.717, 1.165) is 33.7 Å². The number of benzene rings is 2. The number of aromatic nitrogens is 1. The van der Waals surface area contributed by atoms with E-state index in [1.54, 1.807) is 7.11 Å². The van der Waals surface area contributed by atoms with Crippen LogP contribution < -0.4 is 9.47 Å². The van der Waals surface area contributed by atoms with E-state index in [4.69, 9.17) is 9.47 Å². The third-order valence-electron chi connectivity index (χ3n) is 4.60. The summed E-state index contributed by atoms with van der Waals surface area (Å²) in [6.07, 6.45) is 4.29. The molecule has 3 aromatic rings. The molecule has 2 heterocycles. The molecule has 0 bridgehead atoms. The molecule has 0 radical (unpaired) electrons. The number of aryl methyl sites for hydroxylation is 2. The van der Waals surface area contributed by atoms with Crippen molar-refractivity contribution < 1.29 is 9.47 Å². The van der Waals surface area contributed by atoms with E-state index in [9.17, 15) is 0 Å². The Bertz CT molecular complexity index is 977. The molecule has 0 atom stereocenters. The minimum atomic E-state index is -0.267. The smallest absolute Gasteiger partial charge is 0.132 e. The van der Waals surface area contributed by atoms with Crippen LogP contribution in [0, 0.1) is 13.8 Å². The fourth-order valence-electron chi connectivity index (χ4n) is 3.42. The molecule has 1 aliphatic heterocycles. The highest BCUT2D eigenvalue weighted by molar-refractivity contribution is 6.11. The SMILES string of the molecule is COc1cc2[nH]c3c4c(c(C)cc3c2cc1C)OC(C)(C)C=C4. The van der Waals surface area contributed by atoms with Crippen LogP contribution in [0.4, 0.5) is 0 Å². The average Bonchev–Trinajstić information content (AvgIpc) is 2.83. The topological polar surface area (TPSA) is 34.2 Å². The normalized spacial score (nSPS) is 15.7. The summed E-state index contributed by atoms with van der Waals surface area (Å²) in [6, 6.07) is 6.48. The van der Waals surface area contributed by atoms with Gasteiger partial charge in [-0.3, -0.25) is 0 Å². The summed E-state index contributed by atoms with van der Waals surface area (Å²) in [7, 11) is 1.71. The number of hydrogen-bond acceptors (Lipinski definition) is 2. The molecule has 0 aliphatic carbocycles. The standard InChI is InChI=1S/C20H21NO2/c1-11-8-14-15-9-12(2)19-13(6-7-20(3,4)23-19)18(15)21-16(14)10-17(11)22-5/h6-10,21H,1-5H3. The quantitative estimate of drug-likeness (QED) is 0.676. The van der Waals surface area contributed by atoms with Crippen LogP contribution in [0.25, 0.3) is 27.9 Å². The maximum Gasteiger partial charge on any atom is 0.132 e. The molecule has 0 saturated carbocycles. The number of nitrogens with one attached hydrogen (secondary N) is 1. The highest BCUT2D eigenvalue weighted by Crippen LogP contribution is 2.41. The molecule has 2 aromatic carbocycles. The number of ether oxygens (including phenoxy) is 2. The monoisotopic (exact) mass is 307 g/mol. The lowest BCUT2D eigenvalue weighted by molar-refractivity contribution is 0.158. The van der Waals surface area contributed by atoms with Crippen LogP contribution in [-0.4, -0.2) is 17.7 Å². The molecule has 0 spiro atoms. The summed E-state index contributed by atoms with van der Waals surface area (Å²) in [5.41, 5.74) is 5.39. The molecule has 0 unspecified atom stereocenters. The predicted molar refractivity (Wildman–Crippen MR) is 95.6 cm³/mol. The van der Waals surface area contributed by atoms with Crippen LogP contribution in [0.1, 0.15) is 30.5 Å². The largest absolute Gasteiger partial charge is 0.496 e. The van der Waals surface area contributed by atoms with Crippen molar-refractivity contribution in [3.05, 3.63) is 41.0 Å². The van der Waals surface area contributed by atoms with Crippen LogP contribution >= 0.6 is 0 Å². The molecule has 3 heteroatoms. The molecule has 0 fully saturated rings. The van der Waals surface area contributed by atoms with Gasteiger partial charge in [0, 0.05) is 22.4 Å². The molecule has 1 aromatic heterocycles. The Morgan fingerprint density at radius 3 is 2.52 bits per heavy atom. The van der Waals surface area contributed by atoms with Gasteiger partial charge in [-0.1, -0.05) is 0 Å². The summed E-state index contributed by atoms with van der Waals surface area (Å²) in [5.74, 6) is 1.88. The van der Waals surface area contributed by atoms with Gasteiger partial charge in [0.25, 0.3) is 0 Å². The molecule has 1 N–H and O–H groups in total. The Hall–Kier alpha value is -2.42. The van der Waals surface area contributed by atoms with Gasteiger partial charge in [-0.25, -0.2) is 0 Å². The molecule has 0 saturated heterocycles. The predicted octanol–water partition coefficient (Wildman–Crippen LogP) is 5.13. The Morgan fingerprint density at radius 2 is 1.78 bits per heavy atom. The van der Waals surface area contributed by atoms with Gasteiger partial charge in [0.15, 0.2) is 0 Å². The maximum atomic E-state index is 6.19. The summed E-state index contributed by atoms with van der Waals surface area (Å²) in [6.45, 7) is 8.35. The van der Waals surface area contributed by atoms with E-state index in [1.807, 2.05) is 0 Å². The summed E-state index contributed by atoms with van der Waals surface area (Å²) >= 11 is 0. The molecular formula is C20H21NO2. The minimum Gasteiger partial charge on any atom is -0.496 e. The van der Waals surface area contributed by atoms with Crippen molar-refractivity contribution in [3.63, 3.8) is 0 Å². The van der Waals surface area contributed by atoms with Gasteiger partial charge in [0.1, 0.15) is 17.1 Å². The first-order valence-electron chi connectivity index (χ1n) is 7.91. The van der Waals surface area contributed by atoms with E-state index in [2.05, 4.69) is 63.0 Å². The van der Waals surface area contributed by atoms with Crippen molar-refractivity contribution in [2.75, 3.05) is 7.11 Å². The highest BCUT2D eigenvalue weighted by Gasteiger charge is 2.25. The molecule has 1 aliphatic rings.